The van der Waals surface area contributed by atoms with Crippen LogP contribution in [0.5, 0.6) is 0 Å². The number of hydrogen-bond acceptors (Lipinski definition) is 7. The third kappa shape index (κ3) is 16.9. The normalized spacial score (nSPS) is 15.4. The number of benzene rings is 2. The summed E-state index contributed by atoms with van der Waals surface area (Å²) in [5.74, 6) is -0.485. The molecule has 0 aliphatic rings. The van der Waals surface area contributed by atoms with Crippen molar-refractivity contribution in [2.45, 2.75) is 103 Å². The van der Waals surface area contributed by atoms with E-state index in [0.29, 0.717) is 25.7 Å². The Kier molecular flexibility index (Phi) is 22.7. The van der Waals surface area contributed by atoms with Crippen LogP contribution in [0.1, 0.15) is 80.1 Å². The molecule has 0 heterocycles. The van der Waals surface area contributed by atoms with Crippen molar-refractivity contribution in [1.82, 2.24) is 0 Å². The second-order valence-corrected chi connectivity index (χ2v) is 19.6. The number of carbonyl (C=O) groups excluding carboxylic acids is 2. The summed E-state index contributed by atoms with van der Waals surface area (Å²) in [5.41, 5.74) is 1.96. The number of nitriles is 1. The predicted molar refractivity (Wildman–Crippen MR) is 236 cm³/mol. The largest absolute Gasteiger partial charge is 0.458 e. The second kappa shape index (κ2) is 26.2. The zero-order valence-electron chi connectivity index (χ0n) is 33.7. The first-order valence-electron chi connectivity index (χ1n) is 19.0. The van der Waals surface area contributed by atoms with Gasteiger partial charge in [-0.25, -0.2) is 4.79 Å². The minimum atomic E-state index is -2.72. The van der Waals surface area contributed by atoms with E-state index < -0.39 is 20.5 Å². The summed E-state index contributed by atoms with van der Waals surface area (Å²) in [6.45, 7) is 12.9. The fourth-order valence-corrected chi connectivity index (χ4v) is 11.5. The molecule has 0 aromatic heterocycles. The summed E-state index contributed by atoms with van der Waals surface area (Å²) in [5, 5.41) is 11.3. The van der Waals surface area contributed by atoms with Crippen LogP contribution >= 0.6 is 22.6 Å². The van der Waals surface area contributed by atoms with Crippen molar-refractivity contribution in [3.63, 3.8) is 0 Å². The molecule has 0 N–H and O–H groups in total. The molecule has 2 aromatic carbocycles. The van der Waals surface area contributed by atoms with Crippen molar-refractivity contribution >= 4 is 53.5 Å². The molecule has 0 spiro atoms. The van der Waals surface area contributed by atoms with Crippen LogP contribution < -0.4 is 10.4 Å². The van der Waals surface area contributed by atoms with Gasteiger partial charge < -0.3 is 23.4 Å². The number of allylic oxidation sites excluding steroid dienone is 7. The highest BCUT2D eigenvalue weighted by molar-refractivity contribution is 14.1. The number of methoxy groups -OCH3 is 1. The monoisotopic (exact) mass is 877 g/mol. The first-order valence-corrected chi connectivity index (χ1v) is 22.1. The molecule has 0 saturated heterocycles. The molecule has 0 aliphatic carbocycles. The fourth-order valence-electron chi connectivity index (χ4n) is 6.40. The SMILES string of the molecule is COCO[C@H](C=O)CC/C=C/C=C(\C)C[C@@H](OC(=O)/C=C/CCC[C@@H](/C=C/I)O[Si](c1ccccc1)(c1ccccc1)C(C)(C)C)[C@H](C)/C=C(C)/C=C/C#N. The van der Waals surface area contributed by atoms with Crippen LogP contribution in [0.25, 0.3) is 0 Å². The van der Waals surface area contributed by atoms with Crippen molar-refractivity contribution in [1.29, 1.82) is 5.26 Å². The maximum Gasteiger partial charge on any atom is 0.330 e. The lowest BCUT2D eigenvalue weighted by Crippen LogP contribution is -2.67. The van der Waals surface area contributed by atoms with E-state index >= 15 is 0 Å². The first-order chi connectivity index (χ1) is 26.4. The Morgan fingerprint density at radius 2 is 1.60 bits per heavy atom. The highest BCUT2D eigenvalue weighted by atomic mass is 127. The van der Waals surface area contributed by atoms with Crippen molar-refractivity contribution in [3.8, 4) is 6.07 Å². The standard InChI is InChI=1S/C46H60INO6Si/c1-37(22-20-32-48)33-39(3)44(34-38(2)21-12-8-14-24-41(35-49)52-36-51-7)53-45(50)29-19-9-13-23-40(30-31-47)54-55(46(4,5)6,42-25-15-10-16-26-42)43-27-17-11-18-28-43/h8,10-12,15-22,25-31,33,35,39-41,44H,9,13-14,23-24,34,36H2,1-7H3/b12-8+,22-20+,29-19+,31-30+,37-33+,38-21+/t39-,40+,41+,44-/m1/s1. The van der Waals surface area contributed by atoms with E-state index in [4.69, 9.17) is 23.9 Å². The molecular formula is C46H60INO6Si. The number of aldehydes is 1. The molecule has 2 aromatic rings. The minimum Gasteiger partial charge on any atom is -0.458 e. The minimum absolute atomic E-state index is 0.0788. The molecule has 0 bridgehead atoms. The summed E-state index contributed by atoms with van der Waals surface area (Å²) in [6.07, 6.45) is 20.6. The smallest absolute Gasteiger partial charge is 0.330 e. The van der Waals surface area contributed by atoms with Gasteiger partial charge in [0.2, 0.25) is 0 Å². The quantitative estimate of drug-likeness (QED) is 0.0119. The Morgan fingerprint density at radius 3 is 2.16 bits per heavy atom. The maximum atomic E-state index is 13.2. The van der Waals surface area contributed by atoms with Crippen LogP contribution in [0.15, 0.2) is 131 Å². The Morgan fingerprint density at radius 1 is 0.945 bits per heavy atom. The average molecular weight is 878 g/mol. The van der Waals surface area contributed by atoms with Crippen LogP contribution in [-0.4, -0.2) is 52.8 Å². The van der Waals surface area contributed by atoms with Crippen molar-refractivity contribution < 1.29 is 28.2 Å². The lowest BCUT2D eigenvalue weighted by atomic mass is 9.95. The van der Waals surface area contributed by atoms with Gasteiger partial charge in [-0.05, 0) is 71.5 Å². The number of rotatable bonds is 24. The van der Waals surface area contributed by atoms with E-state index in [2.05, 4.69) is 110 Å². The van der Waals surface area contributed by atoms with Gasteiger partial charge in [-0.2, -0.15) is 5.26 Å². The molecule has 55 heavy (non-hydrogen) atoms. The molecule has 0 aliphatic heterocycles. The molecule has 0 radical (unpaired) electrons. The zero-order chi connectivity index (χ0) is 40.5. The van der Waals surface area contributed by atoms with Gasteiger partial charge in [-0.3, -0.25) is 0 Å². The lowest BCUT2D eigenvalue weighted by Gasteiger charge is -2.44. The fraction of sp³-hybridized carbons (Fsp3) is 0.413. The van der Waals surface area contributed by atoms with E-state index in [0.717, 1.165) is 30.3 Å². The average Bonchev–Trinajstić information content (AvgIpc) is 3.16. The topological polar surface area (TPSA) is 94.8 Å². The van der Waals surface area contributed by atoms with Crippen LogP contribution in [-0.2, 0) is 28.2 Å². The Bertz CT molecular complexity index is 1610. The third-order valence-corrected chi connectivity index (χ3v) is 14.6. The van der Waals surface area contributed by atoms with Crippen LogP contribution in [0.2, 0.25) is 5.04 Å². The molecule has 4 atom stereocenters. The van der Waals surface area contributed by atoms with Gasteiger partial charge in [0.15, 0.2) is 0 Å². The van der Waals surface area contributed by atoms with Gasteiger partial charge in [0.25, 0.3) is 8.32 Å². The Balaban J connectivity index is 2.15. The molecule has 0 amide bonds. The first kappa shape index (κ1) is 47.5. The highest BCUT2D eigenvalue weighted by Crippen LogP contribution is 2.38. The summed E-state index contributed by atoms with van der Waals surface area (Å²) < 4.78 is 25.7. The number of halogens is 1. The molecular weight excluding hydrogens is 817 g/mol. The van der Waals surface area contributed by atoms with Crippen molar-refractivity contribution in [2.75, 3.05) is 13.9 Å². The molecule has 9 heteroatoms. The van der Waals surface area contributed by atoms with E-state index in [9.17, 15) is 9.59 Å². The van der Waals surface area contributed by atoms with Crippen LogP contribution in [0, 0.1) is 17.2 Å². The van der Waals surface area contributed by atoms with E-state index in [-0.39, 0.29) is 29.8 Å². The zero-order valence-corrected chi connectivity index (χ0v) is 36.8. The molecule has 0 unspecified atom stereocenters. The predicted octanol–water partition coefficient (Wildman–Crippen LogP) is 10.0. The van der Waals surface area contributed by atoms with E-state index in [1.165, 1.54) is 29.6 Å². The van der Waals surface area contributed by atoms with Gasteiger partial charge in [0.05, 0.1) is 12.2 Å². The van der Waals surface area contributed by atoms with Gasteiger partial charge in [-0.1, -0.05) is 159 Å². The number of carbonyl (C=O) groups is 2. The van der Waals surface area contributed by atoms with Crippen molar-refractivity contribution in [2.24, 2.45) is 5.92 Å². The highest BCUT2D eigenvalue weighted by Gasteiger charge is 2.51. The molecule has 0 fully saturated rings. The number of ether oxygens (including phenoxy) is 3. The van der Waals surface area contributed by atoms with Gasteiger partial charge in [-0.15, -0.1) is 0 Å². The third-order valence-electron chi connectivity index (χ3n) is 9.16. The van der Waals surface area contributed by atoms with Crippen LogP contribution in [0.3, 0.4) is 0 Å². The summed E-state index contributed by atoms with van der Waals surface area (Å²) in [4.78, 5) is 24.4. The van der Waals surface area contributed by atoms with Gasteiger partial charge >= 0.3 is 5.97 Å². The molecule has 0 saturated carbocycles. The Hall–Kier alpha value is -3.66. The number of unbranched alkanes of at least 4 members (excludes halogenated alkanes) is 1. The number of hydrogen-bond donors (Lipinski definition) is 0. The van der Waals surface area contributed by atoms with Gasteiger partial charge in [0, 0.05) is 31.6 Å². The maximum absolute atomic E-state index is 13.2. The Labute approximate surface area is 345 Å². The summed E-state index contributed by atoms with van der Waals surface area (Å²) in [6, 6.07) is 23.4. The summed E-state index contributed by atoms with van der Waals surface area (Å²) >= 11 is 2.27. The van der Waals surface area contributed by atoms with Crippen LogP contribution in [0.4, 0.5) is 0 Å². The lowest BCUT2D eigenvalue weighted by molar-refractivity contribution is -0.144. The van der Waals surface area contributed by atoms with E-state index in [1.807, 2.05) is 61.3 Å². The number of esters is 1. The van der Waals surface area contributed by atoms with E-state index in [1.54, 1.807) is 6.08 Å². The molecule has 2 rings (SSSR count). The molecule has 296 valence electrons. The van der Waals surface area contributed by atoms with Gasteiger partial charge in [0.1, 0.15) is 25.3 Å². The molecule has 7 nitrogen and oxygen atoms in total. The second-order valence-electron chi connectivity index (χ2n) is 14.6. The number of nitrogens with zero attached hydrogens (tertiary/aromatic N) is 1. The van der Waals surface area contributed by atoms with Crippen molar-refractivity contribution in [3.05, 3.63) is 131 Å². The summed E-state index contributed by atoms with van der Waals surface area (Å²) in [7, 11) is -1.20.